The van der Waals surface area contributed by atoms with Crippen LogP contribution in [0.1, 0.15) is 25.0 Å². The Balaban J connectivity index is 1.48. The molecule has 29 heavy (non-hydrogen) atoms. The zero-order valence-corrected chi connectivity index (χ0v) is 17.0. The molecule has 7 nitrogen and oxygen atoms in total. The molecule has 7 heteroatoms. The molecule has 0 radical (unpaired) electrons. The summed E-state index contributed by atoms with van der Waals surface area (Å²) in [6, 6.07) is 12.4. The first kappa shape index (κ1) is 19.1. The van der Waals surface area contributed by atoms with Gasteiger partial charge in [0.05, 0.1) is 6.20 Å². The first-order valence-electron chi connectivity index (χ1n) is 10.3. The normalized spacial score (nSPS) is 14.1. The molecule has 0 bridgehead atoms. The number of piperazine rings is 1. The summed E-state index contributed by atoms with van der Waals surface area (Å²) in [5, 5.41) is 11.9. The number of nitrogens with one attached hydrogen (secondary N) is 1. The third kappa shape index (κ3) is 4.29. The van der Waals surface area contributed by atoms with Gasteiger partial charge in [-0.2, -0.15) is 10.1 Å². The van der Waals surface area contributed by atoms with E-state index in [1.54, 1.807) is 6.20 Å². The van der Waals surface area contributed by atoms with Crippen LogP contribution in [0.25, 0.3) is 0 Å². The molecule has 0 spiro atoms. The van der Waals surface area contributed by atoms with Gasteiger partial charge in [-0.05, 0) is 36.1 Å². The fourth-order valence-electron chi connectivity index (χ4n) is 3.72. The number of benzene rings is 1. The van der Waals surface area contributed by atoms with Crippen molar-refractivity contribution in [3.63, 3.8) is 0 Å². The number of para-hydroxylation sites is 1. The van der Waals surface area contributed by atoms with Crippen LogP contribution in [0.5, 0.6) is 0 Å². The van der Waals surface area contributed by atoms with Crippen LogP contribution < -0.4 is 15.1 Å². The molecule has 0 atom stereocenters. The minimum absolute atomic E-state index is 0.547. The van der Waals surface area contributed by atoms with E-state index in [4.69, 9.17) is 4.98 Å². The molecule has 3 heterocycles. The lowest BCUT2D eigenvalue weighted by atomic mass is 10.0. The molecule has 1 aromatic carbocycles. The maximum absolute atomic E-state index is 4.75. The number of aryl methyl sites for hydroxylation is 2. The molecule has 1 aliphatic heterocycles. The Morgan fingerprint density at radius 1 is 0.862 bits per heavy atom. The van der Waals surface area contributed by atoms with Gasteiger partial charge in [0.2, 0.25) is 5.95 Å². The molecule has 3 aromatic rings. The lowest BCUT2D eigenvalue weighted by molar-refractivity contribution is 0.639. The molecule has 0 amide bonds. The Labute approximate surface area is 171 Å². The highest BCUT2D eigenvalue weighted by Gasteiger charge is 2.20. The zero-order chi connectivity index (χ0) is 20.1. The second-order valence-corrected chi connectivity index (χ2v) is 7.08. The van der Waals surface area contributed by atoms with Crippen LogP contribution in [0, 0.1) is 0 Å². The van der Waals surface area contributed by atoms with Gasteiger partial charge in [-0.25, -0.2) is 4.98 Å². The van der Waals surface area contributed by atoms with E-state index in [-0.39, 0.29) is 0 Å². The maximum Gasteiger partial charge on any atom is 0.249 e. The van der Waals surface area contributed by atoms with Gasteiger partial charge >= 0.3 is 0 Å². The summed E-state index contributed by atoms with van der Waals surface area (Å²) in [5.41, 5.74) is 3.64. The van der Waals surface area contributed by atoms with Gasteiger partial charge in [0.15, 0.2) is 5.82 Å². The second kappa shape index (κ2) is 8.86. The first-order chi connectivity index (χ1) is 14.3. The molecule has 0 aliphatic carbocycles. The van der Waals surface area contributed by atoms with Crippen LogP contribution in [-0.2, 0) is 12.8 Å². The van der Waals surface area contributed by atoms with E-state index in [2.05, 4.69) is 68.4 Å². The minimum Gasteiger partial charge on any atom is -0.353 e. The molecule has 150 valence electrons. The Morgan fingerprint density at radius 3 is 2.17 bits per heavy atom. The average Bonchev–Trinajstić information content (AvgIpc) is 2.80. The van der Waals surface area contributed by atoms with Gasteiger partial charge in [-0.1, -0.05) is 38.1 Å². The summed E-state index contributed by atoms with van der Waals surface area (Å²) < 4.78 is 0. The molecule has 0 saturated carbocycles. The van der Waals surface area contributed by atoms with Crippen molar-refractivity contribution >= 4 is 23.3 Å². The van der Waals surface area contributed by atoms with E-state index in [1.165, 1.54) is 11.1 Å². The van der Waals surface area contributed by atoms with E-state index in [0.717, 1.165) is 56.3 Å². The highest BCUT2D eigenvalue weighted by Crippen LogP contribution is 2.26. The highest BCUT2D eigenvalue weighted by atomic mass is 15.3. The van der Waals surface area contributed by atoms with Crippen molar-refractivity contribution in [1.82, 2.24) is 20.2 Å². The van der Waals surface area contributed by atoms with Crippen LogP contribution in [0.15, 0.2) is 48.8 Å². The van der Waals surface area contributed by atoms with Crippen LogP contribution in [-0.4, -0.2) is 46.3 Å². The third-order valence-electron chi connectivity index (χ3n) is 5.36. The van der Waals surface area contributed by atoms with Crippen LogP contribution in [0.4, 0.5) is 23.3 Å². The van der Waals surface area contributed by atoms with Crippen LogP contribution >= 0.6 is 0 Å². The summed E-state index contributed by atoms with van der Waals surface area (Å²) in [6.07, 6.45) is 5.50. The Hall–Kier alpha value is -3.22. The standard InChI is InChI=1S/C22H27N7/c1-3-17-8-7-9-18(4-2)21(17)26-22-25-20(16-24-27-22)29-14-12-28(13-15-29)19-10-5-6-11-23-19/h5-11,16H,3-4,12-15H2,1-2H3,(H,25,26,27). The quantitative estimate of drug-likeness (QED) is 0.692. The van der Waals surface area contributed by atoms with Crippen molar-refractivity contribution in [2.24, 2.45) is 0 Å². The van der Waals surface area contributed by atoms with Crippen molar-refractivity contribution in [2.75, 3.05) is 41.3 Å². The number of pyridine rings is 1. The summed E-state index contributed by atoms with van der Waals surface area (Å²) in [7, 11) is 0. The largest absolute Gasteiger partial charge is 0.353 e. The van der Waals surface area contributed by atoms with Crippen LogP contribution in [0.3, 0.4) is 0 Å². The van der Waals surface area contributed by atoms with Crippen LogP contribution in [0.2, 0.25) is 0 Å². The second-order valence-electron chi connectivity index (χ2n) is 7.08. The number of aromatic nitrogens is 4. The number of nitrogens with zero attached hydrogens (tertiary/aromatic N) is 6. The van der Waals surface area contributed by atoms with Gasteiger partial charge in [-0.15, -0.1) is 5.10 Å². The van der Waals surface area contributed by atoms with E-state index in [0.29, 0.717) is 5.95 Å². The van der Waals surface area contributed by atoms with Gasteiger partial charge in [0.1, 0.15) is 5.82 Å². The molecular formula is C22H27N7. The Kier molecular flexibility index (Phi) is 5.84. The molecule has 1 saturated heterocycles. The predicted molar refractivity (Wildman–Crippen MR) is 117 cm³/mol. The highest BCUT2D eigenvalue weighted by molar-refractivity contribution is 5.64. The van der Waals surface area contributed by atoms with Gasteiger partial charge < -0.3 is 15.1 Å². The summed E-state index contributed by atoms with van der Waals surface area (Å²) in [5.74, 6) is 2.43. The van der Waals surface area contributed by atoms with E-state index >= 15 is 0 Å². The molecule has 4 rings (SSSR count). The van der Waals surface area contributed by atoms with E-state index in [1.807, 2.05) is 18.3 Å². The number of hydrogen-bond donors (Lipinski definition) is 1. The first-order valence-corrected chi connectivity index (χ1v) is 10.3. The van der Waals surface area contributed by atoms with E-state index < -0.39 is 0 Å². The fraction of sp³-hybridized carbons (Fsp3) is 0.364. The predicted octanol–water partition coefficient (Wildman–Crippen LogP) is 3.46. The summed E-state index contributed by atoms with van der Waals surface area (Å²) in [4.78, 5) is 13.8. The van der Waals surface area contributed by atoms with Gasteiger partial charge in [-0.3, -0.25) is 0 Å². The molecule has 0 unspecified atom stereocenters. The van der Waals surface area contributed by atoms with Gasteiger partial charge in [0, 0.05) is 38.1 Å². The number of hydrogen-bond acceptors (Lipinski definition) is 7. The van der Waals surface area contributed by atoms with Crippen molar-refractivity contribution < 1.29 is 0 Å². The topological polar surface area (TPSA) is 70.1 Å². The maximum atomic E-state index is 4.75. The molecule has 1 N–H and O–H groups in total. The fourth-order valence-corrected chi connectivity index (χ4v) is 3.72. The summed E-state index contributed by atoms with van der Waals surface area (Å²) in [6.45, 7) is 7.89. The Morgan fingerprint density at radius 2 is 1.55 bits per heavy atom. The van der Waals surface area contributed by atoms with Crippen molar-refractivity contribution in [2.45, 2.75) is 26.7 Å². The molecule has 1 aliphatic rings. The molecule has 2 aromatic heterocycles. The number of anilines is 4. The lowest BCUT2D eigenvalue weighted by Crippen LogP contribution is -2.47. The average molecular weight is 390 g/mol. The van der Waals surface area contributed by atoms with Crippen molar-refractivity contribution in [3.05, 3.63) is 59.9 Å². The van der Waals surface area contributed by atoms with Crippen molar-refractivity contribution in [3.8, 4) is 0 Å². The number of rotatable bonds is 6. The third-order valence-corrected chi connectivity index (χ3v) is 5.36. The smallest absolute Gasteiger partial charge is 0.249 e. The SMILES string of the molecule is CCc1cccc(CC)c1Nc1nncc(N2CCN(c3ccccn3)CC2)n1. The van der Waals surface area contributed by atoms with Crippen molar-refractivity contribution in [1.29, 1.82) is 0 Å². The zero-order valence-electron chi connectivity index (χ0n) is 17.0. The van der Waals surface area contributed by atoms with Gasteiger partial charge in [0.25, 0.3) is 0 Å². The lowest BCUT2D eigenvalue weighted by Gasteiger charge is -2.35. The Bertz CT molecular complexity index is 915. The summed E-state index contributed by atoms with van der Waals surface area (Å²) >= 11 is 0. The molecule has 1 fully saturated rings. The molecular weight excluding hydrogens is 362 g/mol. The minimum atomic E-state index is 0.547. The monoisotopic (exact) mass is 389 g/mol. The van der Waals surface area contributed by atoms with E-state index in [9.17, 15) is 0 Å².